The van der Waals surface area contributed by atoms with E-state index in [2.05, 4.69) is 0 Å². The van der Waals surface area contributed by atoms with Crippen LogP contribution in [0.5, 0.6) is 5.75 Å². The maximum Gasteiger partial charge on any atom is 0.258 e. The molecule has 3 rings (SSSR count). The molecular formula is C21H24N2O3. The summed E-state index contributed by atoms with van der Waals surface area (Å²) in [6.45, 7) is 6.46. The molecule has 0 aromatic heterocycles. The molecule has 0 radical (unpaired) electrons. The number of carbonyl (C=O) groups excluding carboxylic acids is 2. The lowest BCUT2D eigenvalue weighted by Crippen LogP contribution is -2.57. The number of rotatable bonds is 3. The Morgan fingerprint density at radius 2 is 1.73 bits per heavy atom. The fourth-order valence-electron chi connectivity index (χ4n) is 3.23. The Bertz CT molecular complexity index is 830. The van der Waals surface area contributed by atoms with Crippen molar-refractivity contribution in [2.24, 2.45) is 0 Å². The number of anilines is 1. The lowest BCUT2D eigenvalue weighted by Gasteiger charge is -2.39. The van der Waals surface area contributed by atoms with Crippen LogP contribution in [0.25, 0.3) is 0 Å². The highest BCUT2D eigenvalue weighted by Crippen LogP contribution is 2.26. The third-order valence-corrected chi connectivity index (χ3v) is 4.78. The molecule has 1 heterocycles. The molecule has 1 saturated heterocycles. The average Bonchev–Trinajstić information content (AvgIpc) is 2.63. The van der Waals surface area contributed by atoms with E-state index in [1.165, 1.54) is 0 Å². The van der Waals surface area contributed by atoms with Gasteiger partial charge in [0.25, 0.3) is 5.91 Å². The second-order valence-corrected chi connectivity index (χ2v) is 6.83. The van der Waals surface area contributed by atoms with Gasteiger partial charge in [-0.3, -0.25) is 9.59 Å². The van der Waals surface area contributed by atoms with Crippen LogP contribution in [0.2, 0.25) is 0 Å². The van der Waals surface area contributed by atoms with Gasteiger partial charge in [0.15, 0.2) is 0 Å². The van der Waals surface area contributed by atoms with Gasteiger partial charge in [-0.25, -0.2) is 0 Å². The van der Waals surface area contributed by atoms with Crippen LogP contribution in [0.3, 0.4) is 0 Å². The highest BCUT2D eigenvalue weighted by molar-refractivity contribution is 6.03. The first kappa shape index (κ1) is 18.0. The first-order valence-corrected chi connectivity index (χ1v) is 8.73. The zero-order valence-electron chi connectivity index (χ0n) is 15.7. The van der Waals surface area contributed by atoms with Crippen molar-refractivity contribution in [3.8, 4) is 5.75 Å². The second kappa shape index (κ2) is 7.20. The van der Waals surface area contributed by atoms with Gasteiger partial charge >= 0.3 is 0 Å². The smallest absolute Gasteiger partial charge is 0.258 e. The highest BCUT2D eigenvalue weighted by atomic mass is 16.5. The Morgan fingerprint density at radius 3 is 2.38 bits per heavy atom. The topological polar surface area (TPSA) is 49.9 Å². The van der Waals surface area contributed by atoms with Crippen LogP contribution in [-0.2, 0) is 4.79 Å². The summed E-state index contributed by atoms with van der Waals surface area (Å²) in [6, 6.07) is 13.3. The van der Waals surface area contributed by atoms with E-state index >= 15 is 0 Å². The monoisotopic (exact) mass is 352 g/mol. The van der Waals surface area contributed by atoms with Gasteiger partial charge in [-0.15, -0.1) is 0 Å². The summed E-state index contributed by atoms with van der Waals surface area (Å²) >= 11 is 0. The van der Waals surface area contributed by atoms with Gasteiger partial charge in [0, 0.05) is 18.3 Å². The standard InChI is InChI=1S/C21H24N2O3/c1-14-5-8-17(9-6-14)23-12-16(3)22(13-20(23)24)21(25)18-10-7-15(2)11-19(18)26-4/h5-11,16H,12-13H2,1-4H3/t16-/m0/s1. The van der Waals surface area contributed by atoms with Crippen molar-refractivity contribution in [2.75, 3.05) is 25.1 Å². The normalized spacial score (nSPS) is 17.4. The number of carbonyl (C=O) groups is 2. The SMILES string of the molecule is COc1cc(C)ccc1C(=O)N1CC(=O)N(c2ccc(C)cc2)C[C@@H]1C. The fraction of sp³-hybridized carbons (Fsp3) is 0.333. The largest absolute Gasteiger partial charge is 0.496 e. The van der Waals surface area contributed by atoms with Crippen molar-refractivity contribution in [3.63, 3.8) is 0 Å². The Labute approximate surface area is 154 Å². The lowest BCUT2D eigenvalue weighted by molar-refractivity contribution is -0.121. The highest BCUT2D eigenvalue weighted by Gasteiger charge is 2.34. The number of piperazine rings is 1. The van der Waals surface area contributed by atoms with E-state index in [-0.39, 0.29) is 24.4 Å². The number of hydrogen-bond acceptors (Lipinski definition) is 3. The van der Waals surface area contributed by atoms with Crippen molar-refractivity contribution in [2.45, 2.75) is 26.8 Å². The van der Waals surface area contributed by atoms with E-state index in [1.807, 2.05) is 57.2 Å². The van der Waals surface area contributed by atoms with Crippen LogP contribution >= 0.6 is 0 Å². The number of amides is 2. The number of ether oxygens (including phenoxy) is 1. The lowest BCUT2D eigenvalue weighted by atomic mass is 10.1. The van der Waals surface area contributed by atoms with Crippen LogP contribution in [0.15, 0.2) is 42.5 Å². The first-order chi connectivity index (χ1) is 12.4. The van der Waals surface area contributed by atoms with E-state index in [9.17, 15) is 9.59 Å². The third kappa shape index (κ3) is 3.43. The minimum Gasteiger partial charge on any atom is -0.496 e. The van der Waals surface area contributed by atoms with Gasteiger partial charge in [0.2, 0.25) is 5.91 Å². The van der Waals surface area contributed by atoms with Gasteiger partial charge in [-0.1, -0.05) is 23.8 Å². The second-order valence-electron chi connectivity index (χ2n) is 6.83. The molecule has 1 fully saturated rings. The zero-order valence-corrected chi connectivity index (χ0v) is 15.7. The van der Waals surface area contributed by atoms with Crippen LogP contribution in [0.1, 0.15) is 28.4 Å². The number of nitrogens with zero attached hydrogens (tertiary/aromatic N) is 2. The number of hydrogen-bond donors (Lipinski definition) is 0. The molecule has 2 aromatic rings. The minimum atomic E-state index is -0.175. The Kier molecular flexibility index (Phi) is 4.98. The van der Waals surface area contributed by atoms with E-state index < -0.39 is 0 Å². The summed E-state index contributed by atoms with van der Waals surface area (Å²) < 4.78 is 5.36. The summed E-state index contributed by atoms with van der Waals surface area (Å²) in [5.41, 5.74) is 3.52. The summed E-state index contributed by atoms with van der Waals surface area (Å²) in [5, 5.41) is 0. The Hall–Kier alpha value is -2.82. The summed E-state index contributed by atoms with van der Waals surface area (Å²) in [4.78, 5) is 29.1. The van der Waals surface area contributed by atoms with Gasteiger partial charge in [0.05, 0.1) is 12.7 Å². The predicted molar refractivity (Wildman–Crippen MR) is 102 cm³/mol. The number of aryl methyl sites for hydroxylation is 2. The van der Waals surface area contributed by atoms with Gasteiger partial charge in [-0.05, 0) is 50.6 Å². The minimum absolute atomic E-state index is 0.0604. The molecule has 1 aliphatic rings. The zero-order chi connectivity index (χ0) is 18.8. The first-order valence-electron chi connectivity index (χ1n) is 8.73. The summed E-state index contributed by atoms with van der Waals surface area (Å²) in [6.07, 6.45) is 0. The molecule has 0 saturated carbocycles. The molecule has 2 amide bonds. The third-order valence-electron chi connectivity index (χ3n) is 4.78. The number of methoxy groups -OCH3 is 1. The molecule has 1 atom stereocenters. The van der Waals surface area contributed by atoms with E-state index in [0.717, 1.165) is 16.8 Å². The molecule has 136 valence electrons. The fourth-order valence-corrected chi connectivity index (χ4v) is 3.23. The molecule has 1 aliphatic heterocycles. The summed E-state index contributed by atoms with van der Waals surface area (Å²) in [7, 11) is 1.55. The molecule has 0 bridgehead atoms. The molecule has 0 N–H and O–H groups in total. The molecule has 26 heavy (non-hydrogen) atoms. The molecule has 0 aliphatic carbocycles. The van der Waals surface area contributed by atoms with E-state index in [1.54, 1.807) is 23.0 Å². The molecular weight excluding hydrogens is 328 g/mol. The van der Waals surface area contributed by atoms with Crippen molar-refractivity contribution in [1.82, 2.24) is 4.90 Å². The Balaban J connectivity index is 1.82. The molecule has 0 unspecified atom stereocenters. The number of benzene rings is 2. The van der Waals surface area contributed by atoms with Crippen LogP contribution in [0.4, 0.5) is 5.69 Å². The maximum atomic E-state index is 13.0. The van der Waals surface area contributed by atoms with Crippen molar-refractivity contribution in [3.05, 3.63) is 59.2 Å². The molecule has 5 heteroatoms. The average molecular weight is 352 g/mol. The predicted octanol–water partition coefficient (Wildman–Crippen LogP) is 3.19. The molecule has 5 nitrogen and oxygen atoms in total. The molecule has 2 aromatic carbocycles. The van der Waals surface area contributed by atoms with Crippen molar-refractivity contribution in [1.29, 1.82) is 0 Å². The summed E-state index contributed by atoms with van der Waals surface area (Å²) in [5.74, 6) is 0.285. The van der Waals surface area contributed by atoms with E-state index in [4.69, 9.17) is 4.74 Å². The van der Waals surface area contributed by atoms with E-state index in [0.29, 0.717) is 17.9 Å². The van der Waals surface area contributed by atoms with Gasteiger partial charge in [-0.2, -0.15) is 0 Å². The van der Waals surface area contributed by atoms with Crippen molar-refractivity contribution >= 4 is 17.5 Å². The maximum absolute atomic E-state index is 13.0. The van der Waals surface area contributed by atoms with Crippen LogP contribution in [-0.4, -0.2) is 43.0 Å². The van der Waals surface area contributed by atoms with Crippen molar-refractivity contribution < 1.29 is 14.3 Å². The van der Waals surface area contributed by atoms with Gasteiger partial charge < -0.3 is 14.5 Å². The van der Waals surface area contributed by atoms with Crippen LogP contribution < -0.4 is 9.64 Å². The Morgan fingerprint density at radius 1 is 1.08 bits per heavy atom. The van der Waals surface area contributed by atoms with Crippen LogP contribution in [0, 0.1) is 13.8 Å². The molecule has 0 spiro atoms. The van der Waals surface area contributed by atoms with Gasteiger partial charge in [0.1, 0.15) is 12.3 Å². The quantitative estimate of drug-likeness (QED) is 0.852.